The maximum Gasteiger partial charge on any atom is 0.321 e. The van der Waals surface area contributed by atoms with Crippen LogP contribution in [0.5, 0.6) is 11.5 Å². The van der Waals surface area contributed by atoms with E-state index in [1.54, 1.807) is 49.5 Å². The molecule has 0 aliphatic carbocycles. The number of halogens is 2. The highest BCUT2D eigenvalue weighted by atomic mass is 35.5. The van der Waals surface area contributed by atoms with E-state index >= 15 is 0 Å². The number of carbonyl (C=O) groups excluding carboxylic acids is 1. The fraction of sp³-hybridized carbons (Fsp3) is 0.350. The van der Waals surface area contributed by atoms with E-state index in [2.05, 4.69) is 5.32 Å². The maximum absolute atomic E-state index is 12.5. The van der Waals surface area contributed by atoms with Gasteiger partial charge in [-0.2, -0.15) is 0 Å². The molecule has 2 aromatic rings. The number of para-hydroxylation sites is 1. The van der Waals surface area contributed by atoms with E-state index in [1.807, 2.05) is 6.92 Å². The summed E-state index contributed by atoms with van der Waals surface area (Å²) in [5.74, 6) is 1.11. The lowest BCUT2D eigenvalue weighted by molar-refractivity contribution is 0.110. The van der Waals surface area contributed by atoms with Crippen molar-refractivity contribution in [3.05, 3.63) is 52.5 Å². The molecule has 2 rings (SSSR count). The number of nitrogens with one attached hydrogen (secondary N) is 1. The number of hydrogen-bond acceptors (Lipinski definition) is 4. The van der Waals surface area contributed by atoms with Crippen LogP contribution in [0.1, 0.15) is 6.92 Å². The first-order valence-electron chi connectivity index (χ1n) is 8.90. The lowest BCUT2D eigenvalue weighted by Crippen LogP contribution is -2.34. The third kappa shape index (κ3) is 7.11. The second-order valence-electron chi connectivity index (χ2n) is 5.82. The van der Waals surface area contributed by atoms with Gasteiger partial charge in [0.05, 0.1) is 23.9 Å². The lowest BCUT2D eigenvalue weighted by atomic mass is 10.3. The van der Waals surface area contributed by atoms with Crippen molar-refractivity contribution in [2.24, 2.45) is 0 Å². The molecule has 152 valence electrons. The van der Waals surface area contributed by atoms with E-state index in [-0.39, 0.29) is 6.03 Å². The molecule has 0 fully saturated rings. The Morgan fingerprint density at radius 3 is 2.50 bits per heavy atom. The molecule has 0 aliphatic rings. The summed E-state index contributed by atoms with van der Waals surface area (Å²) in [4.78, 5) is 14.0. The molecule has 6 nitrogen and oxygen atoms in total. The lowest BCUT2D eigenvalue weighted by Gasteiger charge is -2.20. The summed E-state index contributed by atoms with van der Waals surface area (Å²) < 4.78 is 16.5. The molecule has 2 amide bonds. The second-order valence-corrected chi connectivity index (χ2v) is 6.66. The number of carbonyl (C=O) groups is 1. The van der Waals surface area contributed by atoms with E-state index in [9.17, 15) is 4.79 Å². The Hall–Kier alpha value is -2.15. The van der Waals surface area contributed by atoms with E-state index in [4.69, 9.17) is 37.4 Å². The van der Waals surface area contributed by atoms with E-state index in [1.165, 1.54) is 4.90 Å². The van der Waals surface area contributed by atoms with Gasteiger partial charge in [0, 0.05) is 18.7 Å². The van der Waals surface area contributed by atoms with E-state index in [0.717, 1.165) is 0 Å². The van der Waals surface area contributed by atoms with E-state index in [0.29, 0.717) is 60.2 Å². The summed E-state index contributed by atoms with van der Waals surface area (Å²) in [5.41, 5.74) is 0.500. The molecule has 0 atom stereocenters. The zero-order chi connectivity index (χ0) is 20.4. The zero-order valence-corrected chi connectivity index (χ0v) is 17.4. The third-order valence-electron chi connectivity index (χ3n) is 3.74. The number of hydrogen-bond donors (Lipinski definition) is 1. The van der Waals surface area contributed by atoms with Crippen LogP contribution in [0.15, 0.2) is 42.5 Å². The van der Waals surface area contributed by atoms with Crippen LogP contribution in [0.3, 0.4) is 0 Å². The molecule has 28 heavy (non-hydrogen) atoms. The molecule has 0 aliphatic heterocycles. The highest BCUT2D eigenvalue weighted by Gasteiger charge is 2.14. The van der Waals surface area contributed by atoms with Gasteiger partial charge in [0.15, 0.2) is 5.75 Å². The fourth-order valence-electron chi connectivity index (χ4n) is 2.24. The third-order valence-corrected chi connectivity index (χ3v) is 4.29. The Kier molecular flexibility index (Phi) is 9.20. The molecule has 8 heteroatoms. The van der Waals surface area contributed by atoms with Crippen LogP contribution in [0.4, 0.5) is 10.5 Å². The summed E-state index contributed by atoms with van der Waals surface area (Å²) in [5, 5.41) is 3.87. The van der Waals surface area contributed by atoms with Crippen LogP contribution >= 0.6 is 23.2 Å². The van der Waals surface area contributed by atoms with Gasteiger partial charge in [-0.1, -0.05) is 29.3 Å². The van der Waals surface area contributed by atoms with Crippen LogP contribution in [-0.2, 0) is 4.74 Å². The minimum atomic E-state index is -0.295. The summed E-state index contributed by atoms with van der Waals surface area (Å²) in [6, 6.07) is 11.9. The number of ether oxygens (including phenoxy) is 3. The normalized spacial score (nSPS) is 10.4. The van der Waals surface area contributed by atoms with Gasteiger partial charge < -0.3 is 24.4 Å². The second kappa shape index (κ2) is 11.6. The first-order valence-corrected chi connectivity index (χ1v) is 9.66. The van der Waals surface area contributed by atoms with Gasteiger partial charge in [-0.3, -0.25) is 0 Å². The van der Waals surface area contributed by atoms with Gasteiger partial charge in [-0.25, -0.2) is 4.79 Å². The molecule has 0 bridgehead atoms. The number of benzene rings is 2. The predicted octanol–water partition coefficient (Wildman–Crippen LogP) is 4.95. The molecule has 0 saturated heterocycles. The first kappa shape index (κ1) is 22.1. The molecule has 1 N–H and O–H groups in total. The SMILES string of the molecule is CCOCCOc1c(Cl)cccc1NC(=O)N(C)CCOc1ccc(Cl)cc1. The minimum Gasteiger partial charge on any atom is -0.492 e. The van der Waals surface area contributed by atoms with Crippen LogP contribution in [-0.4, -0.2) is 51.0 Å². The van der Waals surface area contributed by atoms with Crippen molar-refractivity contribution >= 4 is 34.9 Å². The number of amides is 2. The zero-order valence-electron chi connectivity index (χ0n) is 15.9. The Morgan fingerprint density at radius 2 is 1.79 bits per heavy atom. The molecule has 0 heterocycles. The Labute approximate surface area is 175 Å². The largest absolute Gasteiger partial charge is 0.492 e. The number of likely N-dealkylation sites (N-methyl/N-ethyl adjacent to an activating group) is 1. The highest BCUT2D eigenvalue weighted by molar-refractivity contribution is 6.32. The van der Waals surface area contributed by atoms with Gasteiger partial charge in [0.1, 0.15) is 19.0 Å². The van der Waals surface area contributed by atoms with Gasteiger partial charge in [-0.05, 0) is 43.3 Å². The molecular weight excluding hydrogens is 403 g/mol. The average molecular weight is 427 g/mol. The number of anilines is 1. The van der Waals surface area contributed by atoms with Crippen molar-refractivity contribution < 1.29 is 19.0 Å². The fourth-order valence-corrected chi connectivity index (χ4v) is 2.60. The van der Waals surface area contributed by atoms with Gasteiger partial charge >= 0.3 is 6.03 Å². The number of rotatable bonds is 10. The van der Waals surface area contributed by atoms with Crippen LogP contribution in [0, 0.1) is 0 Å². The minimum absolute atomic E-state index is 0.295. The van der Waals surface area contributed by atoms with Gasteiger partial charge in [0.2, 0.25) is 0 Å². The van der Waals surface area contributed by atoms with Crippen molar-refractivity contribution in [3.8, 4) is 11.5 Å². The molecule has 0 radical (unpaired) electrons. The van der Waals surface area contributed by atoms with Crippen LogP contribution in [0.2, 0.25) is 10.0 Å². The van der Waals surface area contributed by atoms with Gasteiger partial charge in [-0.15, -0.1) is 0 Å². The molecule has 2 aromatic carbocycles. The topological polar surface area (TPSA) is 60.0 Å². The maximum atomic E-state index is 12.5. The summed E-state index contributed by atoms with van der Waals surface area (Å²) in [6.07, 6.45) is 0. The Morgan fingerprint density at radius 1 is 1.04 bits per heavy atom. The van der Waals surface area contributed by atoms with Crippen LogP contribution < -0.4 is 14.8 Å². The monoisotopic (exact) mass is 426 g/mol. The summed E-state index contributed by atoms with van der Waals surface area (Å²) in [6.45, 7) is 4.04. The number of nitrogens with zero attached hydrogens (tertiary/aromatic N) is 1. The molecule has 0 aromatic heterocycles. The molecule has 0 saturated carbocycles. The molecule has 0 unspecified atom stereocenters. The average Bonchev–Trinajstić information content (AvgIpc) is 2.68. The summed E-state index contributed by atoms with van der Waals surface area (Å²) in [7, 11) is 1.68. The van der Waals surface area contributed by atoms with Gasteiger partial charge in [0.25, 0.3) is 0 Å². The van der Waals surface area contributed by atoms with E-state index < -0.39 is 0 Å². The highest BCUT2D eigenvalue weighted by Crippen LogP contribution is 2.33. The Bertz CT molecular complexity index is 756. The quantitative estimate of drug-likeness (QED) is 0.545. The van der Waals surface area contributed by atoms with Crippen molar-refractivity contribution in [1.29, 1.82) is 0 Å². The predicted molar refractivity (Wildman–Crippen MR) is 112 cm³/mol. The standard InChI is InChI=1S/C20H24Cl2N2O4/c1-3-26-13-14-28-19-17(22)5-4-6-18(19)23-20(25)24(2)11-12-27-16-9-7-15(21)8-10-16/h4-10H,3,11-14H2,1-2H3,(H,23,25). The Balaban J connectivity index is 1.86. The van der Waals surface area contributed by atoms with Crippen molar-refractivity contribution in [2.75, 3.05) is 45.3 Å². The summed E-state index contributed by atoms with van der Waals surface area (Å²) >= 11 is 12.1. The first-order chi connectivity index (χ1) is 13.5. The smallest absolute Gasteiger partial charge is 0.321 e. The van der Waals surface area contributed by atoms with Crippen molar-refractivity contribution in [2.45, 2.75) is 6.92 Å². The van der Waals surface area contributed by atoms with Crippen molar-refractivity contribution in [1.82, 2.24) is 4.90 Å². The molecular formula is C20H24Cl2N2O4. The molecule has 0 spiro atoms. The number of urea groups is 1. The van der Waals surface area contributed by atoms with Crippen molar-refractivity contribution in [3.63, 3.8) is 0 Å². The van der Waals surface area contributed by atoms with Crippen LogP contribution in [0.25, 0.3) is 0 Å².